The number of anilines is 4. The van der Waals surface area contributed by atoms with Gasteiger partial charge in [-0.25, -0.2) is 0 Å². The van der Waals surface area contributed by atoms with Crippen LogP contribution in [0, 0.1) is 0 Å². The van der Waals surface area contributed by atoms with Crippen molar-refractivity contribution in [3.8, 4) is 11.4 Å². The molecule has 12 nitrogen and oxygen atoms in total. The summed E-state index contributed by atoms with van der Waals surface area (Å²) in [5, 5.41) is 15.0. The zero-order chi connectivity index (χ0) is 24.3. The molecular formula is C24H28N10O2. The SMILES string of the molecule is CCc1cc(Nc2cc(N3CCOCC3)nc(N3CCCC3c3cc(-c4cnccn4)no3)n2)n[nH]1. The van der Waals surface area contributed by atoms with Crippen molar-refractivity contribution in [1.82, 2.24) is 35.3 Å². The highest BCUT2D eigenvalue weighted by Gasteiger charge is 2.32. The van der Waals surface area contributed by atoms with Gasteiger partial charge < -0.3 is 24.4 Å². The molecule has 0 radical (unpaired) electrons. The first kappa shape index (κ1) is 22.4. The fourth-order valence-electron chi connectivity index (χ4n) is 4.61. The van der Waals surface area contributed by atoms with Gasteiger partial charge in [0.1, 0.15) is 23.0 Å². The summed E-state index contributed by atoms with van der Waals surface area (Å²) in [5.74, 6) is 3.70. The van der Waals surface area contributed by atoms with Crippen molar-refractivity contribution >= 4 is 23.4 Å². The molecule has 1 unspecified atom stereocenters. The van der Waals surface area contributed by atoms with Crippen molar-refractivity contribution in [2.75, 3.05) is 48.0 Å². The maximum absolute atomic E-state index is 5.77. The summed E-state index contributed by atoms with van der Waals surface area (Å²) in [5.41, 5.74) is 2.41. The van der Waals surface area contributed by atoms with Gasteiger partial charge in [0.05, 0.1) is 25.5 Å². The summed E-state index contributed by atoms with van der Waals surface area (Å²) in [6, 6.07) is 5.89. The molecule has 0 aromatic carbocycles. The predicted octanol–water partition coefficient (Wildman–Crippen LogP) is 3.13. The number of morpholine rings is 1. The van der Waals surface area contributed by atoms with Gasteiger partial charge in [-0.2, -0.15) is 15.1 Å². The molecule has 2 aliphatic heterocycles. The molecule has 2 aliphatic rings. The maximum Gasteiger partial charge on any atom is 0.229 e. The zero-order valence-electron chi connectivity index (χ0n) is 20.1. The molecule has 1 atom stereocenters. The second-order valence-electron chi connectivity index (χ2n) is 8.82. The molecule has 0 aliphatic carbocycles. The number of H-pyrrole nitrogens is 1. The van der Waals surface area contributed by atoms with Crippen LogP contribution in [0.25, 0.3) is 11.4 Å². The normalized spacial score (nSPS) is 18.1. The highest BCUT2D eigenvalue weighted by atomic mass is 16.5. The van der Waals surface area contributed by atoms with Crippen molar-refractivity contribution in [2.24, 2.45) is 0 Å². The summed E-state index contributed by atoms with van der Waals surface area (Å²) in [6.45, 7) is 5.83. The monoisotopic (exact) mass is 488 g/mol. The quantitative estimate of drug-likeness (QED) is 0.397. The van der Waals surface area contributed by atoms with Gasteiger partial charge in [-0.1, -0.05) is 12.1 Å². The number of aromatic amines is 1. The van der Waals surface area contributed by atoms with E-state index >= 15 is 0 Å². The third kappa shape index (κ3) is 4.59. The highest BCUT2D eigenvalue weighted by Crippen LogP contribution is 2.37. The van der Waals surface area contributed by atoms with Crippen LogP contribution in [-0.2, 0) is 11.2 Å². The summed E-state index contributed by atoms with van der Waals surface area (Å²) >= 11 is 0. The van der Waals surface area contributed by atoms with Gasteiger partial charge in [-0.3, -0.25) is 15.1 Å². The number of ether oxygens (including phenoxy) is 1. The molecule has 2 N–H and O–H groups in total. The summed E-state index contributed by atoms with van der Waals surface area (Å²) in [4.78, 5) is 22.8. The molecule has 12 heteroatoms. The van der Waals surface area contributed by atoms with Crippen LogP contribution in [0.2, 0.25) is 0 Å². The molecule has 4 aromatic heterocycles. The van der Waals surface area contributed by atoms with E-state index in [-0.39, 0.29) is 6.04 Å². The third-order valence-electron chi connectivity index (χ3n) is 6.50. The number of nitrogens with zero attached hydrogens (tertiary/aromatic N) is 8. The lowest BCUT2D eigenvalue weighted by Gasteiger charge is -2.30. The fourth-order valence-corrected chi connectivity index (χ4v) is 4.61. The van der Waals surface area contributed by atoms with E-state index in [0.29, 0.717) is 36.4 Å². The Labute approximate surface area is 208 Å². The number of aryl methyl sites for hydroxylation is 1. The van der Waals surface area contributed by atoms with Gasteiger partial charge in [0.15, 0.2) is 11.6 Å². The van der Waals surface area contributed by atoms with Crippen molar-refractivity contribution in [3.63, 3.8) is 0 Å². The third-order valence-corrected chi connectivity index (χ3v) is 6.50. The Morgan fingerprint density at radius 2 is 1.97 bits per heavy atom. The van der Waals surface area contributed by atoms with E-state index in [2.05, 4.69) is 47.4 Å². The van der Waals surface area contributed by atoms with Crippen LogP contribution in [0.15, 0.2) is 41.3 Å². The van der Waals surface area contributed by atoms with Crippen LogP contribution in [0.4, 0.5) is 23.4 Å². The number of aromatic nitrogens is 7. The van der Waals surface area contributed by atoms with E-state index < -0.39 is 0 Å². The van der Waals surface area contributed by atoms with Gasteiger partial charge in [0.25, 0.3) is 0 Å². The lowest BCUT2D eigenvalue weighted by Crippen LogP contribution is -2.37. The number of hydrogen-bond acceptors (Lipinski definition) is 11. The van der Waals surface area contributed by atoms with E-state index in [1.54, 1.807) is 18.6 Å². The minimum Gasteiger partial charge on any atom is -0.378 e. The first-order valence-electron chi connectivity index (χ1n) is 12.3. The van der Waals surface area contributed by atoms with Crippen LogP contribution >= 0.6 is 0 Å². The molecule has 186 valence electrons. The number of nitrogens with one attached hydrogen (secondary N) is 2. The standard InChI is InChI=1S/C24H28N10O2/c1-2-16-12-22(31-30-16)27-21-14-23(33-8-10-35-11-9-33)29-24(28-21)34-7-3-4-19(34)20-13-17(32-36-20)18-15-25-5-6-26-18/h5-6,12-15,19H,2-4,7-11H2,1H3,(H2,27,28,29,30,31). The summed E-state index contributed by atoms with van der Waals surface area (Å²) < 4.78 is 11.3. The Morgan fingerprint density at radius 3 is 2.78 bits per heavy atom. The summed E-state index contributed by atoms with van der Waals surface area (Å²) in [6.07, 6.45) is 7.76. The maximum atomic E-state index is 5.77. The second-order valence-corrected chi connectivity index (χ2v) is 8.82. The molecule has 0 amide bonds. The Bertz CT molecular complexity index is 1300. The summed E-state index contributed by atoms with van der Waals surface area (Å²) in [7, 11) is 0. The van der Waals surface area contributed by atoms with E-state index in [4.69, 9.17) is 19.2 Å². The molecule has 0 spiro atoms. The molecule has 4 aromatic rings. The van der Waals surface area contributed by atoms with Crippen molar-refractivity contribution in [2.45, 2.75) is 32.2 Å². The first-order chi connectivity index (χ1) is 17.8. The molecular weight excluding hydrogens is 460 g/mol. The average molecular weight is 489 g/mol. The Kier molecular flexibility index (Phi) is 6.16. The molecule has 2 fully saturated rings. The fraction of sp³-hybridized carbons (Fsp3) is 0.417. The van der Waals surface area contributed by atoms with Crippen LogP contribution in [0.3, 0.4) is 0 Å². The minimum atomic E-state index is -0.0206. The van der Waals surface area contributed by atoms with E-state index in [0.717, 1.165) is 62.0 Å². The van der Waals surface area contributed by atoms with Crippen molar-refractivity contribution < 1.29 is 9.26 Å². The predicted molar refractivity (Wildman–Crippen MR) is 133 cm³/mol. The van der Waals surface area contributed by atoms with Crippen molar-refractivity contribution in [3.05, 3.63) is 48.2 Å². The molecule has 6 rings (SSSR count). The number of rotatable bonds is 7. The van der Waals surface area contributed by atoms with Gasteiger partial charge in [-0.05, 0) is 19.3 Å². The topological polar surface area (TPSA) is 134 Å². The smallest absolute Gasteiger partial charge is 0.229 e. The minimum absolute atomic E-state index is 0.0206. The van der Waals surface area contributed by atoms with Crippen molar-refractivity contribution in [1.29, 1.82) is 0 Å². The largest absolute Gasteiger partial charge is 0.378 e. The lowest BCUT2D eigenvalue weighted by molar-refractivity contribution is 0.122. The Balaban J connectivity index is 1.32. The van der Waals surface area contributed by atoms with E-state index in [1.807, 2.05) is 18.2 Å². The zero-order valence-corrected chi connectivity index (χ0v) is 20.1. The van der Waals surface area contributed by atoms with Gasteiger partial charge in [0.2, 0.25) is 5.95 Å². The Morgan fingerprint density at radius 1 is 1.06 bits per heavy atom. The average Bonchev–Trinajstić information content (AvgIpc) is 3.70. The van der Waals surface area contributed by atoms with E-state index in [1.165, 1.54) is 0 Å². The van der Waals surface area contributed by atoms with Crippen LogP contribution in [0.1, 0.15) is 37.3 Å². The highest BCUT2D eigenvalue weighted by molar-refractivity contribution is 5.61. The lowest BCUT2D eigenvalue weighted by atomic mass is 10.1. The van der Waals surface area contributed by atoms with Gasteiger partial charge >= 0.3 is 0 Å². The number of hydrogen-bond donors (Lipinski definition) is 2. The van der Waals surface area contributed by atoms with Gasteiger partial charge in [0, 0.05) is 55.9 Å². The van der Waals surface area contributed by atoms with Crippen LogP contribution in [-0.4, -0.2) is 68.1 Å². The molecule has 36 heavy (non-hydrogen) atoms. The molecule has 0 saturated carbocycles. The Hall–Kier alpha value is -4.06. The molecule has 0 bridgehead atoms. The van der Waals surface area contributed by atoms with Gasteiger partial charge in [-0.15, -0.1) is 0 Å². The molecule has 6 heterocycles. The van der Waals surface area contributed by atoms with Crippen LogP contribution < -0.4 is 15.1 Å². The van der Waals surface area contributed by atoms with E-state index in [9.17, 15) is 0 Å². The molecule has 2 saturated heterocycles. The second kappa shape index (κ2) is 9.90. The van der Waals surface area contributed by atoms with Crippen LogP contribution in [0.5, 0.6) is 0 Å². The first-order valence-corrected chi connectivity index (χ1v) is 12.3.